The predicted octanol–water partition coefficient (Wildman–Crippen LogP) is 1.63. The van der Waals surface area contributed by atoms with E-state index in [2.05, 4.69) is 4.90 Å². The zero-order chi connectivity index (χ0) is 10.1. The third-order valence-corrected chi connectivity index (χ3v) is 2.50. The lowest BCUT2D eigenvalue weighted by Crippen LogP contribution is -2.37. The molecule has 1 saturated heterocycles. The molecule has 3 nitrogen and oxygen atoms in total. The van der Waals surface area contributed by atoms with Gasteiger partial charge in [0.25, 0.3) is 0 Å². The Bertz CT molecular complexity index is 350. The molecule has 0 saturated carbocycles. The van der Waals surface area contributed by atoms with Gasteiger partial charge in [-0.1, -0.05) is 0 Å². The van der Waals surface area contributed by atoms with Crippen molar-refractivity contribution in [2.45, 2.75) is 6.42 Å². The molecule has 2 N–H and O–H groups in total. The SMILES string of the molecule is COc1cc(N2CCC2)c(N)cc1F. The van der Waals surface area contributed by atoms with E-state index in [4.69, 9.17) is 10.5 Å². The Morgan fingerprint density at radius 2 is 2.14 bits per heavy atom. The van der Waals surface area contributed by atoms with Crippen LogP contribution in [0.1, 0.15) is 6.42 Å². The average molecular weight is 196 g/mol. The van der Waals surface area contributed by atoms with Crippen LogP contribution in [0.25, 0.3) is 0 Å². The zero-order valence-electron chi connectivity index (χ0n) is 8.09. The fourth-order valence-electron chi connectivity index (χ4n) is 1.55. The minimum absolute atomic E-state index is 0.251. The Morgan fingerprint density at radius 3 is 2.64 bits per heavy atom. The van der Waals surface area contributed by atoms with Crippen LogP contribution in [-0.2, 0) is 0 Å². The number of benzene rings is 1. The summed E-state index contributed by atoms with van der Waals surface area (Å²) < 4.78 is 18.1. The molecule has 0 aromatic heterocycles. The fraction of sp³-hybridized carbons (Fsp3) is 0.400. The second kappa shape index (κ2) is 3.36. The number of nitrogen functional groups attached to an aromatic ring is 1. The Balaban J connectivity index is 2.38. The van der Waals surface area contributed by atoms with Gasteiger partial charge in [-0.3, -0.25) is 0 Å². The molecule has 4 heteroatoms. The highest BCUT2D eigenvalue weighted by Crippen LogP contribution is 2.33. The Kier molecular flexibility index (Phi) is 2.19. The molecule has 1 fully saturated rings. The highest BCUT2D eigenvalue weighted by Gasteiger charge is 2.19. The van der Waals surface area contributed by atoms with E-state index in [0.717, 1.165) is 18.8 Å². The standard InChI is InChI=1S/C10H13FN2O/c1-14-10-6-9(13-3-2-4-13)8(12)5-7(10)11/h5-6H,2-4,12H2,1H3. The highest BCUT2D eigenvalue weighted by atomic mass is 19.1. The van der Waals surface area contributed by atoms with E-state index in [1.807, 2.05) is 0 Å². The number of methoxy groups -OCH3 is 1. The van der Waals surface area contributed by atoms with Crippen molar-refractivity contribution in [1.82, 2.24) is 0 Å². The number of halogens is 1. The normalized spacial score (nSPS) is 15.1. The van der Waals surface area contributed by atoms with Gasteiger partial charge in [0.15, 0.2) is 11.6 Å². The van der Waals surface area contributed by atoms with E-state index < -0.39 is 5.82 Å². The van der Waals surface area contributed by atoms with Gasteiger partial charge >= 0.3 is 0 Å². The van der Waals surface area contributed by atoms with Crippen molar-refractivity contribution < 1.29 is 9.13 Å². The molecule has 14 heavy (non-hydrogen) atoms. The van der Waals surface area contributed by atoms with Gasteiger partial charge in [0.1, 0.15) is 0 Å². The molecule has 2 rings (SSSR count). The van der Waals surface area contributed by atoms with Crippen LogP contribution in [0.15, 0.2) is 12.1 Å². The smallest absolute Gasteiger partial charge is 0.167 e. The minimum atomic E-state index is -0.408. The molecule has 1 heterocycles. The number of anilines is 2. The minimum Gasteiger partial charge on any atom is -0.494 e. The van der Waals surface area contributed by atoms with Crippen molar-refractivity contribution in [3.63, 3.8) is 0 Å². The number of ether oxygens (including phenoxy) is 1. The lowest BCUT2D eigenvalue weighted by molar-refractivity contribution is 0.386. The average Bonchev–Trinajstić information content (AvgIpc) is 2.06. The lowest BCUT2D eigenvalue weighted by atomic mass is 10.1. The van der Waals surface area contributed by atoms with Gasteiger partial charge < -0.3 is 15.4 Å². The second-order valence-electron chi connectivity index (χ2n) is 3.39. The molecular weight excluding hydrogens is 183 g/mol. The van der Waals surface area contributed by atoms with Crippen molar-refractivity contribution in [1.29, 1.82) is 0 Å². The van der Waals surface area contributed by atoms with Gasteiger partial charge in [0.05, 0.1) is 18.5 Å². The largest absolute Gasteiger partial charge is 0.494 e. The molecule has 1 aliphatic rings. The molecule has 0 radical (unpaired) electrons. The van der Waals surface area contributed by atoms with E-state index in [1.165, 1.54) is 19.6 Å². The zero-order valence-corrected chi connectivity index (χ0v) is 8.09. The molecule has 0 atom stereocenters. The Labute approximate surface area is 82.3 Å². The summed E-state index contributed by atoms with van der Waals surface area (Å²) in [5.74, 6) is -0.157. The maximum atomic E-state index is 13.2. The van der Waals surface area contributed by atoms with Crippen molar-refractivity contribution in [2.75, 3.05) is 30.8 Å². The number of hydrogen-bond acceptors (Lipinski definition) is 3. The molecule has 76 valence electrons. The highest BCUT2D eigenvalue weighted by molar-refractivity contribution is 5.70. The summed E-state index contributed by atoms with van der Waals surface area (Å²) in [4.78, 5) is 2.11. The summed E-state index contributed by atoms with van der Waals surface area (Å²) in [5.41, 5.74) is 7.06. The fourth-order valence-corrected chi connectivity index (χ4v) is 1.55. The van der Waals surface area contributed by atoms with Gasteiger partial charge in [-0.15, -0.1) is 0 Å². The molecule has 1 aromatic carbocycles. The van der Waals surface area contributed by atoms with Crippen LogP contribution in [0.5, 0.6) is 5.75 Å². The first-order valence-corrected chi connectivity index (χ1v) is 4.60. The van der Waals surface area contributed by atoms with Crippen LogP contribution in [0, 0.1) is 5.82 Å². The molecule has 0 spiro atoms. The summed E-state index contributed by atoms with van der Waals surface area (Å²) in [5, 5.41) is 0. The molecule has 0 bridgehead atoms. The second-order valence-corrected chi connectivity index (χ2v) is 3.39. The maximum Gasteiger partial charge on any atom is 0.167 e. The quantitative estimate of drug-likeness (QED) is 0.730. The van der Waals surface area contributed by atoms with Crippen LogP contribution in [-0.4, -0.2) is 20.2 Å². The first kappa shape index (κ1) is 9.12. The molecule has 0 unspecified atom stereocenters. The number of hydrogen-bond donors (Lipinski definition) is 1. The predicted molar refractivity (Wildman–Crippen MR) is 54.2 cm³/mol. The van der Waals surface area contributed by atoms with Crippen LogP contribution < -0.4 is 15.4 Å². The van der Waals surface area contributed by atoms with Crippen LogP contribution >= 0.6 is 0 Å². The van der Waals surface area contributed by atoms with Crippen molar-refractivity contribution in [3.8, 4) is 5.75 Å². The Morgan fingerprint density at radius 1 is 1.43 bits per heavy atom. The van der Waals surface area contributed by atoms with E-state index in [-0.39, 0.29) is 5.75 Å². The van der Waals surface area contributed by atoms with E-state index in [9.17, 15) is 4.39 Å². The molecule has 1 aromatic rings. The van der Waals surface area contributed by atoms with Crippen LogP contribution in [0.4, 0.5) is 15.8 Å². The molecule has 0 aliphatic carbocycles. The van der Waals surface area contributed by atoms with Crippen molar-refractivity contribution in [2.24, 2.45) is 0 Å². The van der Waals surface area contributed by atoms with E-state index in [1.54, 1.807) is 6.07 Å². The summed E-state index contributed by atoms with van der Waals surface area (Å²) in [7, 11) is 1.45. The molecule has 0 amide bonds. The van der Waals surface area contributed by atoms with E-state index >= 15 is 0 Å². The van der Waals surface area contributed by atoms with Gasteiger partial charge in [-0.05, 0) is 6.42 Å². The Hall–Kier alpha value is -1.45. The van der Waals surface area contributed by atoms with Gasteiger partial charge in [-0.25, -0.2) is 4.39 Å². The number of nitrogens with two attached hydrogens (primary N) is 1. The third-order valence-electron chi connectivity index (χ3n) is 2.50. The van der Waals surface area contributed by atoms with Crippen molar-refractivity contribution >= 4 is 11.4 Å². The summed E-state index contributed by atoms with van der Waals surface area (Å²) in [6.07, 6.45) is 1.17. The number of rotatable bonds is 2. The first-order chi connectivity index (χ1) is 6.72. The molecular formula is C10H13FN2O. The summed E-state index contributed by atoms with van der Waals surface area (Å²) in [6.45, 7) is 1.97. The van der Waals surface area contributed by atoms with Crippen LogP contribution in [0.2, 0.25) is 0 Å². The van der Waals surface area contributed by atoms with Gasteiger partial charge in [0, 0.05) is 25.2 Å². The van der Waals surface area contributed by atoms with Crippen molar-refractivity contribution in [3.05, 3.63) is 17.9 Å². The third kappa shape index (κ3) is 1.36. The molecule has 1 aliphatic heterocycles. The lowest BCUT2D eigenvalue weighted by Gasteiger charge is -2.34. The topological polar surface area (TPSA) is 38.5 Å². The van der Waals surface area contributed by atoms with Gasteiger partial charge in [-0.2, -0.15) is 0 Å². The summed E-state index contributed by atoms with van der Waals surface area (Å²) in [6, 6.07) is 2.97. The van der Waals surface area contributed by atoms with Gasteiger partial charge in [0.2, 0.25) is 0 Å². The van der Waals surface area contributed by atoms with E-state index in [0.29, 0.717) is 5.69 Å². The first-order valence-electron chi connectivity index (χ1n) is 4.60. The van der Waals surface area contributed by atoms with Crippen LogP contribution in [0.3, 0.4) is 0 Å². The number of nitrogens with zero attached hydrogens (tertiary/aromatic N) is 1. The maximum absolute atomic E-state index is 13.2. The monoisotopic (exact) mass is 196 g/mol. The summed E-state index contributed by atoms with van der Waals surface area (Å²) >= 11 is 0.